The number of hydrogen-bond donors (Lipinski definition) is 1. The lowest BCUT2D eigenvalue weighted by atomic mass is 10.2. The number of rotatable bonds is 7. The minimum Gasteiger partial charge on any atom is -0.315 e. The number of nitrogens with zero attached hydrogens (tertiary/aromatic N) is 1. The van der Waals surface area contributed by atoms with E-state index in [0.29, 0.717) is 0 Å². The average molecular weight is 264 g/mol. The first-order valence-corrected chi connectivity index (χ1v) is 8.01. The summed E-state index contributed by atoms with van der Waals surface area (Å²) in [5.41, 5.74) is 0. The normalized spacial score (nSPS) is 19.6. The number of thioether (sulfide) groups is 1. The van der Waals surface area contributed by atoms with Gasteiger partial charge in [-0.15, -0.1) is 11.8 Å². The lowest BCUT2D eigenvalue weighted by molar-refractivity contribution is 0.221. The van der Waals surface area contributed by atoms with Crippen LogP contribution < -0.4 is 5.32 Å². The van der Waals surface area contributed by atoms with Gasteiger partial charge in [0, 0.05) is 29.8 Å². The highest BCUT2D eigenvalue weighted by Crippen LogP contribution is 2.18. The van der Waals surface area contributed by atoms with Gasteiger partial charge in [0.25, 0.3) is 0 Å². The monoisotopic (exact) mass is 264 g/mol. The van der Waals surface area contributed by atoms with Gasteiger partial charge in [-0.3, -0.25) is 4.90 Å². The molecule has 2 nitrogen and oxygen atoms in total. The smallest absolute Gasteiger partial charge is 0.0233 e. The summed E-state index contributed by atoms with van der Waals surface area (Å²) < 4.78 is 0. The molecule has 1 aromatic rings. The molecule has 18 heavy (non-hydrogen) atoms. The topological polar surface area (TPSA) is 15.3 Å². The lowest BCUT2D eigenvalue weighted by Crippen LogP contribution is -2.38. The second-order valence-corrected chi connectivity index (χ2v) is 6.01. The molecule has 1 saturated heterocycles. The number of benzene rings is 1. The van der Waals surface area contributed by atoms with Gasteiger partial charge in [-0.05, 0) is 38.1 Å². The van der Waals surface area contributed by atoms with Gasteiger partial charge in [0.2, 0.25) is 0 Å². The maximum absolute atomic E-state index is 3.47. The molecular formula is C15H24N2S. The molecule has 1 unspecified atom stereocenters. The van der Waals surface area contributed by atoms with Crippen molar-refractivity contribution >= 4 is 11.8 Å². The first-order chi connectivity index (χ1) is 8.90. The summed E-state index contributed by atoms with van der Waals surface area (Å²) in [5, 5.41) is 3.47. The molecule has 0 amide bonds. The minimum atomic E-state index is 0.765. The van der Waals surface area contributed by atoms with Crippen molar-refractivity contribution in [3.8, 4) is 0 Å². The summed E-state index contributed by atoms with van der Waals surface area (Å²) in [6.45, 7) is 7.09. The Hall–Kier alpha value is -0.510. The fraction of sp³-hybridized carbons (Fsp3) is 0.600. The molecule has 1 heterocycles. The van der Waals surface area contributed by atoms with E-state index in [4.69, 9.17) is 0 Å². The molecule has 1 aromatic carbocycles. The van der Waals surface area contributed by atoms with Crippen LogP contribution in [0.4, 0.5) is 0 Å². The second-order valence-electron chi connectivity index (χ2n) is 4.84. The van der Waals surface area contributed by atoms with Gasteiger partial charge in [0.05, 0.1) is 0 Å². The fourth-order valence-electron chi connectivity index (χ4n) is 2.51. The molecule has 1 aliphatic heterocycles. The van der Waals surface area contributed by atoms with Gasteiger partial charge in [-0.25, -0.2) is 0 Å². The molecule has 0 saturated carbocycles. The zero-order valence-corrected chi connectivity index (χ0v) is 12.1. The van der Waals surface area contributed by atoms with Gasteiger partial charge in [0.1, 0.15) is 0 Å². The third-order valence-corrected chi connectivity index (χ3v) is 4.44. The van der Waals surface area contributed by atoms with E-state index in [1.54, 1.807) is 0 Å². The van der Waals surface area contributed by atoms with Gasteiger partial charge >= 0.3 is 0 Å². The van der Waals surface area contributed by atoms with Crippen LogP contribution >= 0.6 is 11.8 Å². The highest BCUT2D eigenvalue weighted by molar-refractivity contribution is 7.99. The zero-order chi connectivity index (χ0) is 12.6. The Bertz CT molecular complexity index is 323. The first kappa shape index (κ1) is 13.9. The van der Waals surface area contributed by atoms with Crippen molar-refractivity contribution in [1.29, 1.82) is 0 Å². The Balaban J connectivity index is 1.75. The fourth-order valence-corrected chi connectivity index (χ4v) is 3.42. The van der Waals surface area contributed by atoms with Gasteiger partial charge < -0.3 is 5.32 Å². The number of nitrogens with one attached hydrogen (secondary N) is 1. The van der Waals surface area contributed by atoms with Crippen LogP contribution in [0.5, 0.6) is 0 Å². The van der Waals surface area contributed by atoms with Crippen molar-refractivity contribution in [3.63, 3.8) is 0 Å². The van der Waals surface area contributed by atoms with E-state index >= 15 is 0 Å². The largest absolute Gasteiger partial charge is 0.315 e. The van der Waals surface area contributed by atoms with E-state index in [-0.39, 0.29) is 0 Å². The highest BCUT2D eigenvalue weighted by atomic mass is 32.2. The standard InChI is InChI=1S/C15H24N2S/c1-2-10-17(14-8-9-16-13-14)11-12-18-15-6-4-3-5-7-15/h3-7,14,16H,2,8-13H2,1H3. The first-order valence-electron chi connectivity index (χ1n) is 7.02. The van der Waals surface area contributed by atoms with E-state index in [0.717, 1.165) is 6.04 Å². The Labute approximate surface area is 115 Å². The van der Waals surface area contributed by atoms with Crippen molar-refractivity contribution in [3.05, 3.63) is 30.3 Å². The van der Waals surface area contributed by atoms with Crippen molar-refractivity contribution in [2.75, 3.05) is 31.9 Å². The molecule has 0 aliphatic carbocycles. The van der Waals surface area contributed by atoms with Crippen molar-refractivity contribution < 1.29 is 0 Å². The molecular weight excluding hydrogens is 240 g/mol. The summed E-state index contributed by atoms with van der Waals surface area (Å²) in [6, 6.07) is 11.5. The van der Waals surface area contributed by atoms with Crippen LogP contribution in [-0.2, 0) is 0 Å². The van der Waals surface area contributed by atoms with E-state index in [1.165, 1.54) is 49.7 Å². The summed E-state index contributed by atoms with van der Waals surface area (Å²) in [7, 11) is 0. The minimum absolute atomic E-state index is 0.765. The average Bonchev–Trinajstić information content (AvgIpc) is 2.93. The maximum Gasteiger partial charge on any atom is 0.0233 e. The molecule has 0 bridgehead atoms. The van der Waals surface area contributed by atoms with E-state index in [1.807, 2.05) is 11.8 Å². The van der Waals surface area contributed by atoms with Crippen LogP contribution in [0.15, 0.2) is 35.2 Å². The SMILES string of the molecule is CCCN(CCSc1ccccc1)C1CCNC1. The van der Waals surface area contributed by atoms with Crippen LogP contribution in [-0.4, -0.2) is 42.9 Å². The highest BCUT2D eigenvalue weighted by Gasteiger charge is 2.20. The van der Waals surface area contributed by atoms with E-state index in [2.05, 4.69) is 47.5 Å². The van der Waals surface area contributed by atoms with Gasteiger partial charge in [-0.1, -0.05) is 25.1 Å². The Morgan fingerprint density at radius 1 is 1.28 bits per heavy atom. The zero-order valence-electron chi connectivity index (χ0n) is 11.3. The summed E-state index contributed by atoms with van der Waals surface area (Å²) in [6.07, 6.45) is 2.57. The molecule has 0 radical (unpaired) electrons. The quantitative estimate of drug-likeness (QED) is 0.762. The summed E-state index contributed by atoms with van der Waals surface area (Å²) in [4.78, 5) is 4.05. The molecule has 0 spiro atoms. The third-order valence-electron chi connectivity index (χ3n) is 3.45. The van der Waals surface area contributed by atoms with E-state index < -0.39 is 0 Å². The Morgan fingerprint density at radius 2 is 2.11 bits per heavy atom. The lowest BCUT2D eigenvalue weighted by Gasteiger charge is -2.27. The van der Waals surface area contributed by atoms with Crippen LogP contribution in [0.1, 0.15) is 19.8 Å². The molecule has 1 atom stereocenters. The maximum atomic E-state index is 3.47. The molecule has 1 aliphatic rings. The molecule has 2 rings (SSSR count). The number of hydrogen-bond acceptors (Lipinski definition) is 3. The van der Waals surface area contributed by atoms with E-state index in [9.17, 15) is 0 Å². The second kappa shape index (κ2) is 7.82. The predicted molar refractivity (Wildman–Crippen MR) is 80.3 cm³/mol. The van der Waals surface area contributed by atoms with Crippen LogP contribution in [0.2, 0.25) is 0 Å². The summed E-state index contributed by atoms with van der Waals surface area (Å²) >= 11 is 1.97. The third kappa shape index (κ3) is 4.30. The van der Waals surface area contributed by atoms with Crippen LogP contribution in [0.3, 0.4) is 0 Å². The molecule has 3 heteroatoms. The Morgan fingerprint density at radius 3 is 2.78 bits per heavy atom. The van der Waals surface area contributed by atoms with Gasteiger partial charge in [-0.2, -0.15) is 0 Å². The van der Waals surface area contributed by atoms with Crippen LogP contribution in [0.25, 0.3) is 0 Å². The van der Waals surface area contributed by atoms with Crippen molar-refractivity contribution in [2.24, 2.45) is 0 Å². The molecule has 1 fully saturated rings. The Kier molecular flexibility index (Phi) is 6.05. The van der Waals surface area contributed by atoms with Gasteiger partial charge in [0.15, 0.2) is 0 Å². The predicted octanol–water partition coefficient (Wildman–Crippen LogP) is 2.85. The molecule has 100 valence electrons. The van der Waals surface area contributed by atoms with Crippen molar-refractivity contribution in [2.45, 2.75) is 30.7 Å². The van der Waals surface area contributed by atoms with Crippen LogP contribution in [0, 0.1) is 0 Å². The summed E-state index contributed by atoms with van der Waals surface area (Å²) in [5.74, 6) is 1.19. The molecule has 1 N–H and O–H groups in total. The van der Waals surface area contributed by atoms with Crippen molar-refractivity contribution in [1.82, 2.24) is 10.2 Å². The molecule has 0 aromatic heterocycles.